The highest BCUT2D eigenvalue weighted by Gasteiger charge is 2.44. The van der Waals surface area contributed by atoms with Crippen LogP contribution in [0, 0.1) is 5.92 Å². The van der Waals surface area contributed by atoms with Crippen molar-refractivity contribution in [3.8, 4) is 11.5 Å². The molecule has 4 rings (SSSR count). The number of sulfone groups is 2. The van der Waals surface area contributed by atoms with Crippen molar-refractivity contribution in [2.24, 2.45) is 5.92 Å². The van der Waals surface area contributed by atoms with E-state index in [2.05, 4.69) is 0 Å². The number of esters is 1. The molecular weight excluding hydrogens is 516 g/mol. The van der Waals surface area contributed by atoms with Gasteiger partial charge in [0.2, 0.25) is 0 Å². The molecule has 4 atom stereocenters. The summed E-state index contributed by atoms with van der Waals surface area (Å²) in [6.07, 6.45) is 3.59. The number of benzene rings is 2. The SMILES string of the molecule is COc1ccc(S(=O)(=O)C2CCCCC2OC(=O)C2CCCCC2S(=O)(=O)c2ccc(OC)cc2)cc1. The van der Waals surface area contributed by atoms with Gasteiger partial charge in [0.15, 0.2) is 19.7 Å². The van der Waals surface area contributed by atoms with Gasteiger partial charge in [0.1, 0.15) is 22.9 Å². The van der Waals surface area contributed by atoms with E-state index in [9.17, 15) is 21.6 Å². The van der Waals surface area contributed by atoms with Gasteiger partial charge in [-0.1, -0.05) is 19.3 Å². The molecule has 0 aliphatic heterocycles. The molecule has 0 spiro atoms. The highest BCUT2D eigenvalue weighted by molar-refractivity contribution is 7.92. The van der Waals surface area contributed by atoms with Gasteiger partial charge < -0.3 is 14.2 Å². The Balaban J connectivity index is 1.55. The lowest BCUT2D eigenvalue weighted by Gasteiger charge is -2.34. The van der Waals surface area contributed by atoms with Crippen molar-refractivity contribution in [2.75, 3.05) is 14.2 Å². The fourth-order valence-electron chi connectivity index (χ4n) is 5.41. The Morgan fingerprint density at radius 2 is 1.08 bits per heavy atom. The van der Waals surface area contributed by atoms with E-state index in [-0.39, 0.29) is 9.79 Å². The summed E-state index contributed by atoms with van der Waals surface area (Å²) in [6, 6.07) is 12.3. The maximum atomic E-state index is 13.5. The molecule has 0 saturated heterocycles. The van der Waals surface area contributed by atoms with Gasteiger partial charge in [-0.3, -0.25) is 4.79 Å². The molecule has 2 aliphatic rings. The molecule has 0 radical (unpaired) electrons. The van der Waals surface area contributed by atoms with Crippen LogP contribution in [0.5, 0.6) is 11.5 Å². The molecule has 4 unspecified atom stereocenters. The van der Waals surface area contributed by atoms with Crippen LogP contribution >= 0.6 is 0 Å². The van der Waals surface area contributed by atoms with Crippen molar-refractivity contribution < 1.29 is 35.8 Å². The Kier molecular flexibility index (Phi) is 8.48. The van der Waals surface area contributed by atoms with Crippen molar-refractivity contribution in [3.63, 3.8) is 0 Å². The molecule has 8 nitrogen and oxygen atoms in total. The fraction of sp³-hybridized carbons (Fsp3) is 0.519. The summed E-state index contributed by atoms with van der Waals surface area (Å²) in [7, 11) is -4.56. The molecule has 10 heteroatoms. The third-order valence-corrected chi connectivity index (χ3v) is 12.0. The van der Waals surface area contributed by atoms with Gasteiger partial charge in [-0.15, -0.1) is 0 Å². The second-order valence-electron chi connectivity index (χ2n) is 9.67. The number of rotatable bonds is 8. The second kappa shape index (κ2) is 11.4. The van der Waals surface area contributed by atoms with Gasteiger partial charge in [0.25, 0.3) is 0 Å². The monoisotopic (exact) mass is 550 g/mol. The fourth-order valence-corrected chi connectivity index (χ4v) is 9.36. The molecule has 0 heterocycles. The minimum atomic E-state index is -3.80. The maximum absolute atomic E-state index is 13.5. The zero-order valence-corrected chi connectivity index (χ0v) is 22.8. The summed E-state index contributed by atoms with van der Waals surface area (Å²) in [4.78, 5) is 13.7. The standard InChI is InChI=1S/C27H34O8S2/c1-33-19-11-15-21(16-12-19)36(29,30)25-9-5-3-7-23(25)27(28)35-24-8-4-6-10-26(24)37(31,32)22-17-13-20(34-2)14-18-22/h11-18,23-26H,3-10H2,1-2H3. The van der Waals surface area contributed by atoms with E-state index >= 15 is 0 Å². The summed E-state index contributed by atoms with van der Waals surface area (Å²) >= 11 is 0. The largest absolute Gasteiger partial charge is 0.497 e. The highest BCUT2D eigenvalue weighted by Crippen LogP contribution is 2.37. The van der Waals surface area contributed by atoms with E-state index in [1.165, 1.54) is 38.5 Å². The van der Waals surface area contributed by atoms with Crippen LogP contribution in [0.2, 0.25) is 0 Å². The highest BCUT2D eigenvalue weighted by atomic mass is 32.2. The molecule has 0 aromatic heterocycles. The van der Waals surface area contributed by atoms with Gasteiger partial charge >= 0.3 is 5.97 Å². The van der Waals surface area contributed by atoms with Crippen LogP contribution in [-0.2, 0) is 29.2 Å². The lowest BCUT2D eigenvalue weighted by atomic mass is 9.88. The van der Waals surface area contributed by atoms with E-state index in [0.29, 0.717) is 56.4 Å². The Hall–Kier alpha value is -2.59. The minimum absolute atomic E-state index is 0.135. The maximum Gasteiger partial charge on any atom is 0.310 e. The molecule has 0 amide bonds. The average Bonchev–Trinajstić information content (AvgIpc) is 2.93. The van der Waals surface area contributed by atoms with Gasteiger partial charge in [0.05, 0.1) is 35.2 Å². The summed E-state index contributed by atoms with van der Waals surface area (Å²) in [5, 5.41) is -1.79. The van der Waals surface area contributed by atoms with E-state index in [1.54, 1.807) is 24.3 Å². The minimum Gasteiger partial charge on any atom is -0.497 e. The molecule has 37 heavy (non-hydrogen) atoms. The topological polar surface area (TPSA) is 113 Å². The molecular formula is C27H34O8S2. The zero-order chi connectivity index (χ0) is 26.6. The van der Waals surface area contributed by atoms with E-state index in [1.807, 2.05) is 0 Å². The van der Waals surface area contributed by atoms with Crippen molar-refractivity contribution >= 4 is 25.6 Å². The normalized spacial score (nSPS) is 24.7. The van der Waals surface area contributed by atoms with E-state index in [0.717, 1.165) is 6.42 Å². The first-order chi connectivity index (χ1) is 17.7. The van der Waals surface area contributed by atoms with Crippen LogP contribution in [0.25, 0.3) is 0 Å². The molecule has 2 saturated carbocycles. The Labute approximate surface area is 219 Å². The van der Waals surface area contributed by atoms with Crippen molar-refractivity contribution in [1.29, 1.82) is 0 Å². The predicted octanol–water partition coefficient (Wildman–Crippen LogP) is 4.36. The number of methoxy groups -OCH3 is 2. The van der Waals surface area contributed by atoms with E-state index < -0.39 is 48.2 Å². The zero-order valence-electron chi connectivity index (χ0n) is 21.2. The first kappa shape index (κ1) is 27.4. The summed E-state index contributed by atoms with van der Waals surface area (Å²) < 4.78 is 70.1. The van der Waals surface area contributed by atoms with Gasteiger partial charge in [-0.25, -0.2) is 16.8 Å². The number of ether oxygens (including phenoxy) is 3. The van der Waals surface area contributed by atoms with E-state index in [4.69, 9.17) is 14.2 Å². The number of hydrogen-bond donors (Lipinski definition) is 0. The van der Waals surface area contributed by atoms with Gasteiger partial charge in [0, 0.05) is 0 Å². The lowest BCUT2D eigenvalue weighted by molar-refractivity contribution is -0.156. The van der Waals surface area contributed by atoms with Crippen LogP contribution in [0.1, 0.15) is 51.4 Å². The molecule has 0 N–H and O–H groups in total. The van der Waals surface area contributed by atoms with Crippen molar-refractivity contribution in [1.82, 2.24) is 0 Å². The molecule has 2 aliphatic carbocycles. The Morgan fingerprint density at radius 1 is 0.649 bits per heavy atom. The van der Waals surface area contributed by atoms with Gasteiger partial charge in [-0.2, -0.15) is 0 Å². The molecule has 0 bridgehead atoms. The molecule has 202 valence electrons. The Morgan fingerprint density at radius 3 is 1.59 bits per heavy atom. The number of carbonyl (C=O) groups is 1. The first-order valence-electron chi connectivity index (χ1n) is 12.6. The van der Waals surface area contributed by atoms with Gasteiger partial charge in [-0.05, 0) is 80.6 Å². The van der Waals surface area contributed by atoms with Crippen molar-refractivity contribution in [3.05, 3.63) is 48.5 Å². The van der Waals surface area contributed by atoms with Crippen LogP contribution in [0.15, 0.2) is 58.3 Å². The lowest BCUT2D eigenvalue weighted by Crippen LogP contribution is -2.44. The molecule has 2 aromatic carbocycles. The summed E-state index contributed by atoms with van der Waals surface area (Å²) in [6.45, 7) is 0. The van der Waals surface area contributed by atoms with Crippen molar-refractivity contribution in [2.45, 2.75) is 77.8 Å². The van der Waals surface area contributed by atoms with Crippen LogP contribution < -0.4 is 9.47 Å². The smallest absolute Gasteiger partial charge is 0.310 e. The summed E-state index contributed by atoms with van der Waals surface area (Å²) in [5.74, 6) is -0.373. The molecule has 2 fully saturated rings. The quantitative estimate of drug-likeness (QED) is 0.446. The predicted molar refractivity (Wildman–Crippen MR) is 138 cm³/mol. The van der Waals surface area contributed by atoms with Crippen LogP contribution in [0.3, 0.4) is 0 Å². The molecule has 2 aromatic rings. The Bertz CT molecular complexity index is 1280. The first-order valence-corrected chi connectivity index (χ1v) is 15.7. The van der Waals surface area contributed by atoms with Crippen LogP contribution in [-0.4, -0.2) is 53.6 Å². The summed E-state index contributed by atoms with van der Waals surface area (Å²) in [5.41, 5.74) is 0. The third-order valence-electron chi connectivity index (χ3n) is 7.49. The number of carbonyl (C=O) groups excluding carboxylic acids is 1. The average molecular weight is 551 g/mol. The second-order valence-corrected chi connectivity index (χ2v) is 14.0. The third kappa shape index (κ3) is 5.80. The number of hydrogen-bond acceptors (Lipinski definition) is 8. The van der Waals surface area contributed by atoms with Crippen LogP contribution in [0.4, 0.5) is 0 Å².